The molecular formula is C12H9BrFNO4. The molecule has 0 radical (unpaired) electrons. The molecule has 2 aromatic rings. The van der Waals surface area contributed by atoms with Gasteiger partial charge in [-0.2, -0.15) is 4.98 Å². The van der Waals surface area contributed by atoms with Gasteiger partial charge in [-0.3, -0.25) is 0 Å². The van der Waals surface area contributed by atoms with Crippen molar-refractivity contribution in [2.45, 2.75) is 6.92 Å². The van der Waals surface area contributed by atoms with Gasteiger partial charge in [-0.25, -0.2) is 9.18 Å². The molecule has 0 aliphatic heterocycles. The van der Waals surface area contributed by atoms with E-state index < -0.39 is 11.8 Å². The molecule has 0 amide bonds. The summed E-state index contributed by atoms with van der Waals surface area (Å²) in [5.74, 6) is -1.79. The zero-order valence-electron chi connectivity index (χ0n) is 9.81. The van der Waals surface area contributed by atoms with Crippen LogP contribution in [0.2, 0.25) is 0 Å². The van der Waals surface area contributed by atoms with Gasteiger partial charge in [0.15, 0.2) is 0 Å². The Morgan fingerprint density at radius 2 is 2.32 bits per heavy atom. The van der Waals surface area contributed by atoms with E-state index in [1.54, 1.807) is 6.92 Å². The summed E-state index contributed by atoms with van der Waals surface area (Å²) in [6, 6.07) is 4.11. The number of ether oxygens (including phenoxy) is 1. The van der Waals surface area contributed by atoms with Crippen molar-refractivity contribution in [2.75, 3.05) is 6.61 Å². The molecule has 0 saturated carbocycles. The van der Waals surface area contributed by atoms with E-state index in [-0.39, 0.29) is 28.6 Å². The molecule has 2 rings (SSSR count). The Hall–Kier alpha value is -1.89. The molecule has 1 aromatic heterocycles. The van der Waals surface area contributed by atoms with Gasteiger partial charge in [0, 0.05) is 5.56 Å². The molecule has 0 aliphatic carbocycles. The summed E-state index contributed by atoms with van der Waals surface area (Å²) in [7, 11) is 0. The van der Waals surface area contributed by atoms with Crippen LogP contribution < -0.4 is 4.74 Å². The zero-order valence-corrected chi connectivity index (χ0v) is 11.4. The highest BCUT2D eigenvalue weighted by atomic mass is 79.9. The van der Waals surface area contributed by atoms with E-state index >= 15 is 0 Å². The molecule has 0 bridgehead atoms. The minimum Gasteiger partial charge on any atom is -0.476 e. The molecular weight excluding hydrogens is 321 g/mol. The minimum absolute atomic E-state index is 0.0570. The number of aromatic nitrogens is 1. The Bertz CT molecular complexity index is 626. The van der Waals surface area contributed by atoms with Gasteiger partial charge < -0.3 is 14.3 Å². The molecule has 100 valence electrons. The standard InChI is InChI=1S/C12H9BrFNO4/c1-2-18-12-9(11(16)17)15-10(19-12)6-3-4-8(14)7(13)5-6/h3-5H,2H2,1H3,(H,16,17). The van der Waals surface area contributed by atoms with Gasteiger partial charge in [-0.05, 0) is 41.1 Å². The maximum Gasteiger partial charge on any atom is 0.362 e. The highest BCUT2D eigenvalue weighted by Gasteiger charge is 2.22. The first kappa shape index (κ1) is 13.5. The molecule has 0 fully saturated rings. The molecule has 7 heteroatoms. The van der Waals surface area contributed by atoms with E-state index in [1.165, 1.54) is 18.2 Å². The van der Waals surface area contributed by atoms with Crippen LogP contribution in [0.25, 0.3) is 11.5 Å². The van der Waals surface area contributed by atoms with Crippen LogP contribution in [-0.4, -0.2) is 22.7 Å². The third-order valence-corrected chi connectivity index (χ3v) is 2.85. The number of benzene rings is 1. The van der Waals surface area contributed by atoms with Crippen molar-refractivity contribution in [2.24, 2.45) is 0 Å². The van der Waals surface area contributed by atoms with Crippen LogP contribution in [-0.2, 0) is 0 Å². The molecule has 0 aliphatic rings. The number of carbonyl (C=O) groups is 1. The number of carboxylic acids is 1. The van der Waals surface area contributed by atoms with Crippen molar-refractivity contribution in [3.05, 3.63) is 34.2 Å². The van der Waals surface area contributed by atoms with Crippen molar-refractivity contribution in [3.63, 3.8) is 0 Å². The van der Waals surface area contributed by atoms with Gasteiger partial charge in [0.2, 0.25) is 11.6 Å². The molecule has 1 heterocycles. The SMILES string of the molecule is CCOc1oc(-c2ccc(F)c(Br)c2)nc1C(=O)O. The Morgan fingerprint density at radius 3 is 2.89 bits per heavy atom. The van der Waals surface area contributed by atoms with Crippen molar-refractivity contribution < 1.29 is 23.4 Å². The highest BCUT2D eigenvalue weighted by Crippen LogP contribution is 2.29. The lowest BCUT2D eigenvalue weighted by atomic mass is 10.2. The number of halogens is 2. The van der Waals surface area contributed by atoms with Crippen LogP contribution in [0.3, 0.4) is 0 Å². The number of nitrogens with zero attached hydrogens (tertiary/aromatic N) is 1. The zero-order chi connectivity index (χ0) is 14.0. The topological polar surface area (TPSA) is 72.6 Å². The first-order valence-electron chi connectivity index (χ1n) is 5.35. The summed E-state index contributed by atoms with van der Waals surface area (Å²) in [4.78, 5) is 14.8. The molecule has 0 unspecified atom stereocenters. The van der Waals surface area contributed by atoms with Gasteiger partial charge >= 0.3 is 11.9 Å². The summed E-state index contributed by atoms with van der Waals surface area (Å²) in [5, 5.41) is 8.98. The second kappa shape index (κ2) is 5.40. The van der Waals surface area contributed by atoms with Gasteiger partial charge in [0.25, 0.3) is 0 Å². The largest absolute Gasteiger partial charge is 0.476 e. The van der Waals surface area contributed by atoms with Gasteiger partial charge in [-0.1, -0.05) is 0 Å². The second-order valence-electron chi connectivity index (χ2n) is 3.52. The fourth-order valence-electron chi connectivity index (χ4n) is 1.42. The average molecular weight is 330 g/mol. The van der Waals surface area contributed by atoms with E-state index in [4.69, 9.17) is 14.3 Å². The molecule has 19 heavy (non-hydrogen) atoms. The third kappa shape index (κ3) is 2.76. The predicted molar refractivity (Wildman–Crippen MR) is 67.7 cm³/mol. The highest BCUT2D eigenvalue weighted by molar-refractivity contribution is 9.10. The number of carboxylic acid groups (broad SMARTS) is 1. The lowest BCUT2D eigenvalue weighted by Gasteiger charge is -1.98. The van der Waals surface area contributed by atoms with E-state index in [0.717, 1.165) is 0 Å². The fraction of sp³-hybridized carbons (Fsp3) is 0.167. The van der Waals surface area contributed by atoms with Crippen LogP contribution >= 0.6 is 15.9 Å². The maximum absolute atomic E-state index is 13.1. The molecule has 0 spiro atoms. The van der Waals surface area contributed by atoms with Crippen molar-refractivity contribution in [1.82, 2.24) is 4.98 Å². The Morgan fingerprint density at radius 1 is 1.58 bits per heavy atom. The van der Waals surface area contributed by atoms with Crippen molar-refractivity contribution in [3.8, 4) is 17.4 Å². The lowest BCUT2D eigenvalue weighted by molar-refractivity contribution is 0.0683. The van der Waals surface area contributed by atoms with Gasteiger partial charge in [0.1, 0.15) is 5.82 Å². The van der Waals surface area contributed by atoms with E-state index in [9.17, 15) is 9.18 Å². The number of aromatic carboxylic acids is 1. The van der Waals surface area contributed by atoms with E-state index in [2.05, 4.69) is 20.9 Å². The first-order chi connectivity index (χ1) is 9.02. The van der Waals surface area contributed by atoms with Crippen LogP contribution in [0, 0.1) is 5.82 Å². The van der Waals surface area contributed by atoms with Crippen molar-refractivity contribution >= 4 is 21.9 Å². The first-order valence-corrected chi connectivity index (χ1v) is 6.14. The van der Waals surface area contributed by atoms with Gasteiger partial charge in [-0.15, -0.1) is 0 Å². The number of hydrogen-bond acceptors (Lipinski definition) is 4. The summed E-state index contributed by atoms with van der Waals surface area (Å²) in [6.45, 7) is 1.95. The number of rotatable bonds is 4. The minimum atomic E-state index is -1.25. The quantitative estimate of drug-likeness (QED) is 0.931. The normalized spacial score (nSPS) is 10.5. The molecule has 1 N–H and O–H groups in total. The Balaban J connectivity index is 2.47. The van der Waals surface area contributed by atoms with E-state index in [0.29, 0.717) is 5.56 Å². The fourth-order valence-corrected chi connectivity index (χ4v) is 1.80. The van der Waals surface area contributed by atoms with E-state index in [1.807, 2.05) is 0 Å². The monoisotopic (exact) mass is 329 g/mol. The molecule has 1 aromatic carbocycles. The van der Waals surface area contributed by atoms with Crippen LogP contribution in [0.4, 0.5) is 4.39 Å². The predicted octanol–water partition coefficient (Wildman–Crippen LogP) is 3.34. The third-order valence-electron chi connectivity index (χ3n) is 2.24. The smallest absolute Gasteiger partial charge is 0.362 e. The molecule has 5 nitrogen and oxygen atoms in total. The second-order valence-corrected chi connectivity index (χ2v) is 4.38. The van der Waals surface area contributed by atoms with Gasteiger partial charge in [0.05, 0.1) is 11.1 Å². The lowest BCUT2D eigenvalue weighted by Crippen LogP contribution is -2.01. The Kier molecular flexibility index (Phi) is 3.84. The number of hydrogen-bond donors (Lipinski definition) is 1. The Labute approximate surface area is 116 Å². The summed E-state index contributed by atoms with van der Waals surface area (Å²) in [6.07, 6.45) is 0. The molecule has 0 atom stereocenters. The number of oxazole rings is 1. The van der Waals surface area contributed by atoms with Crippen LogP contribution in [0.15, 0.2) is 27.1 Å². The summed E-state index contributed by atoms with van der Waals surface area (Å²) >= 11 is 3.04. The van der Waals surface area contributed by atoms with Crippen LogP contribution in [0.1, 0.15) is 17.4 Å². The van der Waals surface area contributed by atoms with Crippen LogP contribution in [0.5, 0.6) is 5.95 Å². The van der Waals surface area contributed by atoms with Crippen molar-refractivity contribution in [1.29, 1.82) is 0 Å². The average Bonchev–Trinajstić information content (AvgIpc) is 2.77. The molecule has 0 saturated heterocycles. The summed E-state index contributed by atoms with van der Waals surface area (Å²) in [5.41, 5.74) is 0.138. The maximum atomic E-state index is 13.1. The summed E-state index contributed by atoms with van der Waals surface area (Å²) < 4.78 is 23.7.